The van der Waals surface area contributed by atoms with Crippen molar-refractivity contribution in [3.05, 3.63) is 59.7 Å². The van der Waals surface area contributed by atoms with E-state index in [1.165, 1.54) is 24.8 Å². The normalized spacial score (nSPS) is 16.6. The first-order chi connectivity index (χ1) is 17.7. The maximum Gasteiger partial charge on any atom is 0.240 e. The predicted molar refractivity (Wildman–Crippen MR) is 139 cm³/mol. The summed E-state index contributed by atoms with van der Waals surface area (Å²) in [6.45, 7) is 3.39. The van der Waals surface area contributed by atoms with Gasteiger partial charge < -0.3 is 24.6 Å². The smallest absolute Gasteiger partial charge is 0.240 e. The van der Waals surface area contributed by atoms with E-state index in [0.717, 1.165) is 48.3 Å². The van der Waals surface area contributed by atoms with Gasteiger partial charge in [0.15, 0.2) is 0 Å². The number of aliphatic hydroxyl groups is 1. The quantitative estimate of drug-likeness (QED) is 0.328. The first-order valence-corrected chi connectivity index (χ1v) is 12.9. The van der Waals surface area contributed by atoms with Crippen molar-refractivity contribution in [1.82, 2.24) is 10.7 Å². The number of aliphatic hydroxyl groups excluding tert-OH is 1. The molecule has 2 aromatic carbocycles. The third-order valence-corrected chi connectivity index (χ3v) is 6.50. The van der Waals surface area contributed by atoms with Crippen LogP contribution < -0.4 is 20.2 Å². The molecule has 0 bridgehead atoms. The van der Waals surface area contributed by atoms with Crippen molar-refractivity contribution in [2.45, 2.75) is 44.6 Å². The molecule has 8 nitrogen and oxygen atoms in total. The second-order valence-electron chi connectivity index (χ2n) is 9.40. The zero-order chi connectivity index (χ0) is 25.0. The average Bonchev–Trinajstić information content (AvgIpc) is 2.88. The summed E-state index contributed by atoms with van der Waals surface area (Å²) >= 11 is 0. The fraction of sp³-hybridized carbons (Fsp3) is 0.500. The topological polar surface area (TPSA) is 101 Å². The predicted octanol–water partition coefficient (Wildman–Crippen LogP) is 3.07. The van der Waals surface area contributed by atoms with Crippen LogP contribution in [0.3, 0.4) is 0 Å². The summed E-state index contributed by atoms with van der Waals surface area (Å²) in [7, 11) is 0. The van der Waals surface area contributed by atoms with Gasteiger partial charge in [-0.15, -0.1) is 0 Å². The molecule has 1 heterocycles. The zero-order valence-electron chi connectivity index (χ0n) is 20.8. The monoisotopic (exact) mass is 495 g/mol. The lowest BCUT2D eigenvalue weighted by Crippen LogP contribution is -2.33. The fourth-order valence-corrected chi connectivity index (χ4v) is 4.04. The van der Waals surface area contributed by atoms with Crippen LogP contribution in [0.1, 0.15) is 43.2 Å². The Bertz CT molecular complexity index is 974. The summed E-state index contributed by atoms with van der Waals surface area (Å²) in [6, 6.07) is 15.7. The number of hydrazone groups is 1. The summed E-state index contributed by atoms with van der Waals surface area (Å²) in [5, 5.41) is 17.5. The molecule has 4 rings (SSSR count). The number of hydrogen-bond acceptors (Lipinski definition) is 7. The molecule has 1 fully saturated rings. The number of amides is 1. The van der Waals surface area contributed by atoms with E-state index in [1.54, 1.807) is 0 Å². The van der Waals surface area contributed by atoms with Crippen LogP contribution in [0.2, 0.25) is 0 Å². The molecule has 0 saturated heterocycles. The minimum atomic E-state index is -0.611. The molecule has 1 aliphatic heterocycles. The van der Waals surface area contributed by atoms with Gasteiger partial charge in [-0.2, -0.15) is 5.10 Å². The second-order valence-corrected chi connectivity index (χ2v) is 9.40. The Morgan fingerprint density at radius 2 is 1.75 bits per heavy atom. The van der Waals surface area contributed by atoms with Gasteiger partial charge in [-0.25, -0.2) is 5.43 Å². The van der Waals surface area contributed by atoms with E-state index in [9.17, 15) is 9.90 Å². The van der Waals surface area contributed by atoms with E-state index < -0.39 is 6.10 Å². The van der Waals surface area contributed by atoms with Gasteiger partial charge in [0.1, 0.15) is 30.8 Å². The zero-order valence-corrected chi connectivity index (χ0v) is 20.8. The molecule has 1 atom stereocenters. The van der Waals surface area contributed by atoms with Crippen LogP contribution in [0.15, 0.2) is 53.6 Å². The van der Waals surface area contributed by atoms with Crippen molar-refractivity contribution in [3.8, 4) is 11.5 Å². The molecule has 1 unspecified atom stereocenters. The van der Waals surface area contributed by atoms with Crippen LogP contribution in [0.25, 0.3) is 0 Å². The van der Waals surface area contributed by atoms with Gasteiger partial charge in [0.05, 0.1) is 12.3 Å². The van der Waals surface area contributed by atoms with Gasteiger partial charge in [0.25, 0.3) is 0 Å². The molecular weight excluding hydrogens is 458 g/mol. The highest BCUT2D eigenvalue weighted by molar-refractivity contribution is 6.04. The molecule has 2 aliphatic rings. The Hall–Kier alpha value is -2.94. The van der Waals surface area contributed by atoms with Gasteiger partial charge in [0, 0.05) is 32.5 Å². The number of rotatable bonds is 15. The molecule has 3 N–H and O–H groups in total. The Morgan fingerprint density at radius 3 is 2.44 bits per heavy atom. The van der Waals surface area contributed by atoms with E-state index in [4.69, 9.17) is 14.2 Å². The van der Waals surface area contributed by atoms with E-state index in [-0.39, 0.29) is 12.5 Å². The van der Waals surface area contributed by atoms with E-state index in [0.29, 0.717) is 32.5 Å². The van der Waals surface area contributed by atoms with E-state index in [1.807, 2.05) is 36.4 Å². The Labute approximate surface area is 213 Å². The number of carbonyl (C=O) groups excluding carboxylic acids is 1. The molecule has 1 aliphatic carbocycles. The Kier molecular flexibility index (Phi) is 10.1. The van der Waals surface area contributed by atoms with E-state index >= 15 is 0 Å². The largest absolute Gasteiger partial charge is 0.492 e. The Morgan fingerprint density at radius 1 is 1.00 bits per heavy atom. The van der Waals surface area contributed by atoms with Gasteiger partial charge in [-0.05, 0) is 72.7 Å². The summed E-state index contributed by atoms with van der Waals surface area (Å²) in [4.78, 5) is 11.2. The SMILES string of the molecule is O=C1CCC(c2ccc(OCCNCC(O)COc3ccc(CCOCC4CCC4)cc3)cc2)=NN1. The molecular formula is C28H37N3O5. The third kappa shape index (κ3) is 8.62. The molecule has 36 heavy (non-hydrogen) atoms. The third-order valence-electron chi connectivity index (χ3n) is 6.50. The van der Waals surface area contributed by atoms with Gasteiger partial charge in [-0.3, -0.25) is 4.79 Å². The minimum Gasteiger partial charge on any atom is -0.492 e. The maximum absolute atomic E-state index is 11.2. The first kappa shape index (κ1) is 26.1. The lowest BCUT2D eigenvalue weighted by atomic mass is 9.86. The average molecular weight is 496 g/mol. The van der Waals surface area contributed by atoms with Crippen molar-refractivity contribution in [3.63, 3.8) is 0 Å². The lowest BCUT2D eigenvalue weighted by Gasteiger charge is -2.24. The molecule has 0 radical (unpaired) electrons. The van der Waals surface area contributed by atoms with Gasteiger partial charge >= 0.3 is 0 Å². The van der Waals surface area contributed by atoms with Crippen LogP contribution in [0.5, 0.6) is 11.5 Å². The number of ether oxygens (including phenoxy) is 3. The number of carbonyl (C=O) groups is 1. The minimum absolute atomic E-state index is 0.0486. The van der Waals surface area contributed by atoms with E-state index in [2.05, 4.69) is 28.0 Å². The molecule has 0 aromatic heterocycles. The standard InChI is InChI=1S/C28H37N3O5/c32-24(20-36-26-8-4-21(5-9-26)14-16-34-19-22-2-1-3-22)18-29-15-17-35-25-10-6-23(7-11-25)27-12-13-28(33)31-30-27/h4-11,22,24,29,32H,1-3,12-20H2,(H,31,33). The van der Waals surface area contributed by atoms with Crippen molar-refractivity contribution in [2.24, 2.45) is 11.0 Å². The Balaban J connectivity index is 1.04. The summed E-state index contributed by atoms with van der Waals surface area (Å²) < 4.78 is 17.2. The van der Waals surface area contributed by atoms with Gasteiger partial charge in [-0.1, -0.05) is 18.6 Å². The molecule has 1 saturated carbocycles. The molecule has 2 aromatic rings. The van der Waals surface area contributed by atoms with Crippen LogP contribution in [0, 0.1) is 5.92 Å². The van der Waals surface area contributed by atoms with Crippen molar-refractivity contribution >= 4 is 11.6 Å². The van der Waals surface area contributed by atoms with Crippen LogP contribution in [-0.2, 0) is 16.0 Å². The number of benzene rings is 2. The summed E-state index contributed by atoms with van der Waals surface area (Å²) in [5.74, 6) is 2.25. The lowest BCUT2D eigenvalue weighted by molar-refractivity contribution is -0.121. The van der Waals surface area contributed by atoms with Crippen LogP contribution >= 0.6 is 0 Å². The second kappa shape index (κ2) is 14.0. The molecule has 8 heteroatoms. The highest BCUT2D eigenvalue weighted by Crippen LogP contribution is 2.26. The molecule has 0 spiro atoms. The highest BCUT2D eigenvalue weighted by atomic mass is 16.5. The van der Waals surface area contributed by atoms with Gasteiger partial charge in [0.2, 0.25) is 5.91 Å². The van der Waals surface area contributed by atoms with Crippen molar-refractivity contribution < 1.29 is 24.1 Å². The summed E-state index contributed by atoms with van der Waals surface area (Å²) in [5.41, 5.74) is 5.59. The van der Waals surface area contributed by atoms with Crippen LogP contribution in [-0.4, -0.2) is 62.3 Å². The first-order valence-electron chi connectivity index (χ1n) is 12.9. The highest BCUT2D eigenvalue weighted by Gasteiger charge is 2.17. The van der Waals surface area contributed by atoms with Crippen molar-refractivity contribution in [2.75, 3.05) is 39.5 Å². The van der Waals surface area contributed by atoms with Crippen LogP contribution in [0.4, 0.5) is 0 Å². The fourth-order valence-electron chi connectivity index (χ4n) is 4.04. The number of nitrogens with zero attached hydrogens (tertiary/aromatic N) is 1. The number of hydrogen-bond donors (Lipinski definition) is 3. The number of nitrogens with one attached hydrogen (secondary N) is 2. The maximum atomic E-state index is 11.2. The molecule has 194 valence electrons. The molecule has 1 amide bonds. The summed E-state index contributed by atoms with van der Waals surface area (Å²) in [6.07, 6.45) is 5.38. The van der Waals surface area contributed by atoms with Crippen molar-refractivity contribution in [1.29, 1.82) is 0 Å².